The third-order valence-electron chi connectivity index (χ3n) is 0.820. The van der Waals surface area contributed by atoms with Gasteiger partial charge >= 0.3 is 0 Å². The minimum Gasteiger partial charge on any atom is -0.378 e. The number of carbonyl (C=O) groups is 1. The SMILES string of the molecule is NCCOCCOCC=O. The van der Waals surface area contributed by atoms with Gasteiger partial charge in [0.25, 0.3) is 0 Å². The first-order valence-corrected chi connectivity index (χ1v) is 3.21. The van der Waals surface area contributed by atoms with Crippen LogP contribution in [0.25, 0.3) is 0 Å². The molecule has 0 aromatic rings. The zero-order valence-electron chi connectivity index (χ0n) is 5.91. The van der Waals surface area contributed by atoms with Gasteiger partial charge in [0.2, 0.25) is 0 Å². The first-order valence-electron chi connectivity index (χ1n) is 3.21. The molecule has 0 unspecified atom stereocenters. The van der Waals surface area contributed by atoms with Crippen molar-refractivity contribution in [2.45, 2.75) is 0 Å². The van der Waals surface area contributed by atoms with Gasteiger partial charge in [-0.1, -0.05) is 0 Å². The van der Waals surface area contributed by atoms with Gasteiger partial charge in [0.1, 0.15) is 12.9 Å². The first kappa shape index (κ1) is 9.55. The molecule has 4 heteroatoms. The highest BCUT2D eigenvalue weighted by Gasteiger charge is 1.85. The molecule has 60 valence electrons. The molecule has 0 radical (unpaired) electrons. The lowest BCUT2D eigenvalue weighted by atomic mass is 10.7. The number of aldehydes is 1. The maximum atomic E-state index is 9.71. The van der Waals surface area contributed by atoms with Crippen LogP contribution in [-0.4, -0.2) is 39.3 Å². The Morgan fingerprint density at radius 3 is 2.50 bits per heavy atom. The second-order valence-electron chi connectivity index (χ2n) is 1.64. The Morgan fingerprint density at radius 2 is 1.90 bits per heavy atom. The zero-order valence-corrected chi connectivity index (χ0v) is 5.91. The molecule has 0 aromatic carbocycles. The normalized spacial score (nSPS) is 9.70. The molecule has 4 nitrogen and oxygen atoms in total. The summed E-state index contributed by atoms with van der Waals surface area (Å²) < 4.78 is 9.76. The average molecular weight is 147 g/mol. The Labute approximate surface area is 60.3 Å². The molecule has 0 aliphatic heterocycles. The fraction of sp³-hybridized carbons (Fsp3) is 0.833. The summed E-state index contributed by atoms with van der Waals surface area (Å²) in [5.41, 5.74) is 5.15. The molecule has 0 spiro atoms. The fourth-order valence-corrected chi connectivity index (χ4v) is 0.435. The smallest absolute Gasteiger partial charge is 0.145 e. The van der Waals surface area contributed by atoms with Crippen LogP contribution in [0.1, 0.15) is 0 Å². The highest BCUT2D eigenvalue weighted by Crippen LogP contribution is 1.74. The van der Waals surface area contributed by atoms with Crippen molar-refractivity contribution in [1.29, 1.82) is 0 Å². The Morgan fingerprint density at radius 1 is 1.20 bits per heavy atom. The minimum absolute atomic E-state index is 0.145. The van der Waals surface area contributed by atoms with Crippen LogP contribution in [0.15, 0.2) is 0 Å². The van der Waals surface area contributed by atoms with Gasteiger partial charge in [-0.3, -0.25) is 0 Å². The van der Waals surface area contributed by atoms with Gasteiger partial charge in [0, 0.05) is 6.54 Å². The summed E-state index contributed by atoms with van der Waals surface area (Å²) >= 11 is 0. The molecule has 0 amide bonds. The number of rotatable bonds is 7. The lowest BCUT2D eigenvalue weighted by Crippen LogP contribution is -2.12. The van der Waals surface area contributed by atoms with Crippen LogP contribution in [0.3, 0.4) is 0 Å². The fourth-order valence-electron chi connectivity index (χ4n) is 0.435. The van der Waals surface area contributed by atoms with E-state index in [1.54, 1.807) is 0 Å². The largest absolute Gasteiger partial charge is 0.378 e. The molecular weight excluding hydrogens is 134 g/mol. The first-order chi connectivity index (χ1) is 4.91. The third-order valence-corrected chi connectivity index (χ3v) is 0.820. The van der Waals surface area contributed by atoms with Crippen LogP contribution in [0, 0.1) is 0 Å². The van der Waals surface area contributed by atoms with Gasteiger partial charge in [-0.15, -0.1) is 0 Å². The highest BCUT2D eigenvalue weighted by atomic mass is 16.5. The number of ether oxygens (including phenoxy) is 2. The summed E-state index contributed by atoms with van der Waals surface area (Å²) in [6.45, 7) is 2.17. The molecule has 0 heterocycles. The highest BCUT2D eigenvalue weighted by molar-refractivity contribution is 5.50. The summed E-state index contributed by atoms with van der Waals surface area (Å²) in [7, 11) is 0. The van der Waals surface area contributed by atoms with Gasteiger partial charge in [-0.05, 0) is 0 Å². The summed E-state index contributed by atoms with van der Waals surface area (Å²) in [4.78, 5) is 9.71. The van der Waals surface area contributed by atoms with Crippen molar-refractivity contribution in [3.05, 3.63) is 0 Å². The summed E-state index contributed by atoms with van der Waals surface area (Å²) in [6.07, 6.45) is 0.711. The number of hydrogen-bond donors (Lipinski definition) is 1. The van der Waals surface area contributed by atoms with Crippen LogP contribution >= 0.6 is 0 Å². The number of hydrogen-bond acceptors (Lipinski definition) is 4. The topological polar surface area (TPSA) is 61.6 Å². The van der Waals surface area contributed by atoms with E-state index in [4.69, 9.17) is 15.2 Å². The second kappa shape index (κ2) is 8.55. The monoisotopic (exact) mass is 147 g/mol. The molecule has 0 aliphatic rings. The van der Waals surface area contributed by atoms with E-state index in [-0.39, 0.29) is 6.61 Å². The van der Waals surface area contributed by atoms with Crippen molar-refractivity contribution in [3.63, 3.8) is 0 Å². The van der Waals surface area contributed by atoms with Crippen molar-refractivity contribution < 1.29 is 14.3 Å². The molecular formula is C6H13NO3. The van der Waals surface area contributed by atoms with Gasteiger partial charge in [0.05, 0.1) is 19.8 Å². The van der Waals surface area contributed by atoms with Crippen LogP contribution in [0.4, 0.5) is 0 Å². The number of carbonyl (C=O) groups excluding carboxylic acids is 1. The molecule has 0 fully saturated rings. The van der Waals surface area contributed by atoms with Crippen molar-refractivity contribution in [3.8, 4) is 0 Å². The van der Waals surface area contributed by atoms with Gasteiger partial charge in [-0.2, -0.15) is 0 Å². The molecule has 0 saturated carbocycles. The van der Waals surface area contributed by atoms with E-state index in [0.29, 0.717) is 32.7 Å². The maximum Gasteiger partial charge on any atom is 0.145 e. The average Bonchev–Trinajstić information content (AvgIpc) is 1.97. The van der Waals surface area contributed by atoms with Gasteiger partial charge in [0.15, 0.2) is 0 Å². The lowest BCUT2D eigenvalue weighted by Gasteiger charge is -2.00. The third kappa shape index (κ3) is 7.55. The second-order valence-corrected chi connectivity index (χ2v) is 1.64. The predicted octanol–water partition coefficient (Wildman–Crippen LogP) is -0.823. The quantitative estimate of drug-likeness (QED) is 0.377. The summed E-state index contributed by atoms with van der Waals surface area (Å²) in [5, 5.41) is 0. The molecule has 0 aliphatic carbocycles. The van der Waals surface area contributed by atoms with Crippen molar-refractivity contribution in [2.75, 3.05) is 33.0 Å². The van der Waals surface area contributed by atoms with E-state index >= 15 is 0 Å². The van der Waals surface area contributed by atoms with E-state index < -0.39 is 0 Å². The molecule has 0 saturated heterocycles. The van der Waals surface area contributed by atoms with E-state index in [0.717, 1.165) is 0 Å². The maximum absolute atomic E-state index is 9.71. The van der Waals surface area contributed by atoms with Crippen LogP contribution in [0.2, 0.25) is 0 Å². The Kier molecular flexibility index (Phi) is 8.17. The van der Waals surface area contributed by atoms with Crippen LogP contribution < -0.4 is 5.73 Å². The van der Waals surface area contributed by atoms with Crippen molar-refractivity contribution in [2.24, 2.45) is 5.73 Å². The van der Waals surface area contributed by atoms with Gasteiger partial charge in [-0.25, -0.2) is 0 Å². The molecule has 0 atom stereocenters. The molecule has 0 aromatic heterocycles. The predicted molar refractivity (Wildman–Crippen MR) is 36.8 cm³/mol. The lowest BCUT2D eigenvalue weighted by molar-refractivity contribution is -0.112. The zero-order chi connectivity index (χ0) is 7.66. The standard InChI is InChI=1S/C6H13NO3/c7-1-3-9-5-6-10-4-2-8/h2H,1,3-7H2. The molecule has 0 bridgehead atoms. The minimum atomic E-state index is 0.145. The molecule has 10 heavy (non-hydrogen) atoms. The Bertz CT molecular complexity index is 77.4. The summed E-state index contributed by atoms with van der Waals surface area (Å²) in [6, 6.07) is 0. The van der Waals surface area contributed by atoms with Crippen molar-refractivity contribution in [1.82, 2.24) is 0 Å². The Balaban J connectivity index is 2.70. The van der Waals surface area contributed by atoms with Crippen LogP contribution in [-0.2, 0) is 14.3 Å². The van der Waals surface area contributed by atoms with E-state index in [9.17, 15) is 4.79 Å². The van der Waals surface area contributed by atoms with Crippen molar-refractivity contribution >= 4 is 6.29 Å². The van der Waals surface area contributed by atoms with Gasteiger partial charge < -0.3 is 20.0 Å². The Hall–Kier alpha value is -0.450. The van der Waals surface area contributed by atoms with Crippen LogP contribution in [0.5, 0.6) is 0 Å². The molecule has 0 rings (SSSR count). The summed E-state index contributed by atoms with van der Waals surface area (Å²) in [5.74, 6) is 0. The van der Waals surface area contributed by atoms with E-state index in [2.05, 4.69) is 0 Å². The van der Waals surface area contributed by atoms with E-state index in [1.807, 2.05) is 0 Å². The van der Waals surface area contributed by atoms with E-state index in [1.165, 1.54) is 0 Å². The molecule has 2 N–H and O–H groups in total. The number of nitrogens with two attached hydrogens (primary N) is 1.